The highest BCUT2D eigenvalue weighted by molar-refractivity contribution is 7.99. The van der Waals surface area contributed by atoms with Gasteiger partial charge < -0.3 is 0 Å². The quantitative estimate of drug-likeness (QED) is 0.741. The first-order valence-corrected chi connectivity index (χ1v) is 5.39. The van der Waals surface area contributed by atoms with Crippen LogP contribution in [0, 0.1) is 0 Å². The zero-order valence-corrected chi connectivity index (χ0v) is 7.81. The molecule has 1 saturated heterocycles. The number of H-pyrrole nitrogens is 1. The summed E-state index contributed by atoms with van der Waals surface area (Å²) in [6.07, 6.45) is 1.81. The third-order valence-corrected chi connectivity index (χ3v) is 3.00. The minimum absolute atomic E-state index is 1.03. The summed E-state index contributed by atoms with van der Waals surface area (Å²) in [6, 6.07) is 2.04. The normalized spacial score (nSPS) is 19.7. The summed E-state index contributed by atoms with van der Waals surface area (Å²) in [5, 5.41) is 6.92. The van der Waals surface area contributed by atoms with Crippen molar-refractivity contribution in [1.82, 2.24) is 15.1 Å². The number of thioether (sulfide) groups is 1. The van der Waals surface area contributed by atoms with Crippen LogP contribution >= 0.6 is 11.8 Å². The molecule has 1 aromatic rings. The molecule has 1 aliphatic heterocycles. The van der Waals surface area contributed by atoms with Crippen molar-refractivity contribution in [2.24, 2.45) is 0 Å². The molecule has 1 N–H and O–H groups in total. The summed E-state index contributed by atoms with van der Waals surface area (Å²) in [4.78, 5) is 2.46. The number of aromatic nitrogens is 2. The molecule has 0 saturated carbocycles. The van der Waals surface area contributed by atoms with E-state index < -0.39 is 0 Å². The molecule has 1 aromatic heterocycles. The highest BCUT2D eigenvalue weighted by Gasteiger charge is 2.10. The van der Waals surface area contributed by atoms with Gasteiger partial charge >= 0.3 is 0 Å². The van der Waals surface area contributed by atoms with E-state index in [0.29, 0.717) is 0 Å². The molecule has 0 amide bonds. The van der Waals surface area contributed by atoms with Crippen molar-refractivity contribution in [3.63, 3.8) is 0 Å². The molecule has 1 fully saturated rings. The van der Waals surface area contributed by atoms with Gasteiger partial charge in [-0.25, -0.2) is 0 Å². The fraction of sp³-hybridized carbons (Fsp3) is 0.625. The first-order valence-electron chi connectivity index (χ1n) is 4.23. The highest BCUT2D eigenvalue weighted by Crippen LogP contribution is 2.11. The van der Waals surface area contributed by atoms with Crippen molar-refractivity contribution in [2.75, 3.05) is 24.6 Å². The number of hydrogen-bond donors (Lipinski definition) is 1. The van der Waals surface area contributed by atoms with E-state index in [0.717, 1.165) is 6.54 Å². The molecule has 0 spiro atoms. The molecule has 0 radical (unpaired) electrons. The van der Waals surface area contributed by atoms with E-state index in [2.05, 4.69) is 15.1 Å². The fourth-order valence-electron chi connectivity index (χ4n) is 1.37. The van der Waals surface area contributed by atoms with E-state index in [9.17, 15) is 0 Å². The lowest BCUT2D eigenvalue weighted by Crippen LogP contribution is -2.32. The molecule has 0 atom stereocenters. The Labute approximate surface area is 76.5 Å². The summed E-state index contributed by atoms with van der Waals surface area (Å²) in [5.74, 6) is 2.54. The Morgan fingerprint density at radius 2 is 2.33 bits per heavy atom. The van der Waals surface area contributed by atoms with Gasteiger partial charge in [0, 0.05) is 43.0 Å². The lowest BCUT2D eigenvalue weighted by molar-refractivity contribution is 0.291. The molecule has 0 aromatic carbocycles. The summed E-state index contributed by atoms with van der Waals surface area (Å²) in [6.45, 7) is 3.45. The summed E-state index contributed by atoms with van der Waals surface area (Å²) in [5.41, 5.74) is 1.22. The van der Waals surface area contributed by atoms with E-state index in [1.165, 1.54) is 30.3 Å². The number of nitrogens with zero attached hydrogens (tertiary/aromatic N) is 2. The van der Waals surface area contributed by atoms with Gasteiger partial charge in [0.05, 0.1) is 0 Å². The molecule has 3 nitrogen and oxygen atoms in total. The Balaban J connectivity index is 1.86. The SMILES string of the molecule is c1cc(CN2CCSCC2)[nH]n1. The maximum atomic E-state index is 3.93. The molecule has 0 aliphatic carbocycles. The Bertz CT molecular complexity index is 216. The van der Waals surface area contributed by atoms with E-state index in [1.807, 2.05) is 24.0 Å². The first-order chi connectivity index (χ1) is 5.95. The van der Waals surface area contributed by atoms with Gasteiger partial charge in [0.15, 0.2) is 0 Å². The zero-order chi connectivity index (χ0) is 8.23. The maximum absolute atomic E-state index is 3.93. The van der Waals surface area contributed by atoms with Crippen molar-refractivity contribution < 1.29 is 0 Å². The van der Waals surface area contributed by atoms with Crippen molar-refractivity contribution >= 4 is 11.8 Å². The third kappa shape index (κ3) is 2.01. The van der Waals surface area contributed by atoms with Gasteiger partial charge in [-0.1, -0.05) is 0 Å². The number of hydrogen-bond acceptors (Lipinski definition) is 3. The van der Waals surface area contributed by atoms with E-state index >= 15 is 0 Å². The van der Waals surface area contributed by atoms with E-state index in [4.69, 9.17) is 0 Å². The zero-order valence-electron chi connectivity index (χ0n) is 6.99. The molecular weight excluding hydrogens is 170 g/mol. The van der Waals surface area contributed by atoms with Crippen LogP contribution in [0.1, 0.15) is 5.69 Å². The number of nitrogens with one attached hydrogen (secondary N) is 1. The van der Waals surface area contributed by atoms with Crippen LogP contribution in [0.25, 0.3) is 0 Å². The number of rotatable bonds is 2. The second-order valence-electron chi connectivity index (χ2n) is 2.97. The van der Waals surface area contributed by atoms with E-state index in [-0.39, 0.29) is 0 Å². The van der Waals surface area contributed by atoms with Gasteiger partial charge in [-0.2, -0.15) is 16.9 Å². The van der Waals surface area contributed by atoms with Crippen molar-refractivity contribution in [2.45, 2.75) is 6.54 Å². The Morgan fingerprint density at radius 3 is 3.00 bits per heavy atom. The summed E-state index contributed by atoms with van der Waals surface area (Å²) < 4.78 is 0. The monoisotopic (exact) mass is 183 g/mol. The Morgan fingerprint density at radius 1 is 1.50 bits per heavy atom. The minimum atomic E-state index is 1.03. The van der Waals surface area contributed by atoms with Gasteiger partial charge in [-0.15, -0.1) is 0 Å². The molecule has 1 aliphatic rings. The predicted octanol–water partition coefficient (Wildman–Crippen LogP) is 0.958. The molecule has 4 heteroatoms. The summed E-state index contributed by atoms with van der Waals surface area (Å²) in [7, 11) is 0. The van der Waals surface area contributed by atoms with Crippen molar-refractivity contribution in [1.29, 1.82) is 0 Å². The smallest absolute Gasteiger partial charge is 0.0492 e. The molecule has 0 bridgehead atoms. The number of aromatic amines is 1. The largest absolute Gasteiger partial charge is 0.296 e. The molecule has 12 heavy (non-hydrogen) atoms. The Kier molecular flexibility index (Phi) is 2.68. The average Bonchev–Trinajstić information content (AvgIpc) is 2.59. The minimum Gasteiger partial charge on any atom is -0.296 e. The van der Waals surface area contributed by atoms with Gasteiger partial charge in [0.25, 0.3) is 0 Å². The van der Waals surface area contributed by atoms with Crippen molar-refractivity contribution in [3.05, 3.63) is 18.0 Å². The summed E-state index contributed by atoms with van der Waals surface area (Å²) >= 11 is 2.04. The van der Waals surface area contributed by atoms with E-state index in [1.54, 1.807) is 0 Å². The third-order valence-electron chi connectivity index (χ3n) is 2.06. The predicted molar refractivity (Wildman–Crippen MR) is 51.2 cm³/mol. The fourth-order valence-corrected chi connectivity index (χ4v) is 2.35. The average molecular weight is 183 g/mol. The van der Waals surface area contributed by atoms with Crippen LogP contribution in [0.15, 0.2) is 12.3 Å². The second-order valence-corrected chi connectivity index (χ2v) is 4.20. The van der Waals surface area contributed by atoms with Gasteiger partial charge in [-0.3, -0.25) is 10.00 Å². The maximum Gasteiger partial charge on any atom is 0.0492 e. The van der Waals surface area contributed by atoms with Crippen LogP contribution in [0.2, 0.25) is 0 Å². The van der Waals surface area contributed by atoms with Crippen molar-refractivity contribution in [3.8, 4) is 0 Å². The lowest BCUT2D eigenvalue weighted by Gasteiger charge is -2.25. The lowest BCUT2D eigenvalue weighted by atomic mass is 10.4. The Hall–Kier alpha value is -0.480. The highest BCUT2D eigenvalue weighted by atomic mass is 32.2. The van der Waals surface area contributed by atoms with Crippen LogP contribution < -0.4 is 0 Å². The topological polar surface area (TPSA) is 31.9 Å². The van der Waals surface area contributed by atoms with Crippen LogP contribution in [-0.4, -0.2) is 39.7 Å². The molecule has 0 unspecified atom stereocenters. The first kappa shape index (κ1) is 8.13. The van der Waals surface area contributed by atoms with Crippen LogP contribution in [-0.2, 0) is 6.54 Å². The van der Waals surface area contributed by atoms with Crippen LogP contribution in [0.5, 0.6) is 0 Å². The van der Waals surface area contributed by atoms with Gasteiger partial charge in [0.2, 0.25) is 0 Å². The molecular formula is C8H13N3S. The van der Waals surface area contributed by atoms with Gasteiger partial charge in [-0.05, 0) is 6.07 Å². The second kappa shape index (κ2) is 3.96. The van der Waals surface area contributed by atoms with Crippen LogP contribution in [0.4, 0.5) is 0 Å². The standard InChI is InChI=1S/C8H13N3S/c1-2-9-10-8(1)7-11-3-5-12-6-4-11/h1-2H,3-7H2,(H,9,10). The molecule has 2 heterocycles. The molecule has 2 rings (SSSR count). The van der Waals surface area contributed by atoms with Gasteiger partial charge in [0.1, 0.15) is 0 Å². The van der Waals surface area contributed by atoms with Crippen LogP contribution in [0.3, 0.4) is 0 Å². The molecule has 66 valence electrons.